The largest absolute Gasteiger partial charge is 0.379 e. The fourth-order valence-corrected chi connectivity index (χ4v) is 4.06. The minimum absolute atomic E-state index is 0. The molecule has 0 bridgehead atoms. The van der Waals surface area contributed by atoms with Crippen molar-refractivity contribution in [3.05, 3.63) is 58.3 Å². The molecule has 1 aromatic carbocycles. The highest BCUT2D eigenvalue weighted by Crippen LogP contribution is 2.25. The molecule has 1 saturated heterocycles. The monoisotopic (exact) mass is 500 g/mol. The van der Waals surface area contributed by atoms with Crippen LogP contribution in [0.5, 0.6) is 0 Å². The number of morpholine rings is 1. The highest BCUT2D eigenvalue weighted by molar-refractivity contribution is 14.0. The molecule has 5 nitrogen and oxygen atoms in total. The van der Waals surface area contributed by atoms with Gasteiger partial charge in [0.15, 0.2) is 5.96 Å². The number of benzene rings is 1. The molecule has 2 unspecified atom stereocenters. The van der Waals surface area contributed by atoms with Crippen LogP contribution in [0.15, 0.2) is 52.8 Å². The van der Waals surface area contributed by atoms with Gasteiger partial charge in [0.05, 0.1) is 25.3 Å². The van der Waals surface area contributed by atoms with E-state index in [-0.39, 0.29) is 30.0 Å². The Morgan fingerprint density at radius 3 is 2.56 bits per heavy atom. The molecular weight excluding hydrogens is 471 g/mol. The predicted molar refractivity (Wildman–Crippen MR) is 124 cm³/mol. The first-order chi connectivity index (χ1) is 12.8. The van der Waals surface area contributed by atoms with Crippen LogP contribution in [0.2, 0.25) is 0 Å². The van der Waals surface area contributed by atoms with Crippen LogP contribution in [0.1, 0.15) is 29.4 Å². The molecule has 27 heavy (non-hydrogen) atoms. The van der Waals surface area contributed by atoms with E-state index in [1.807, 2.05) is 24.5 Å². The molecule has 1 aromatic heterocycles. The average molecular weight is 500 g/mol. The summed E-state index contributed by atoms with van der Waals surface area (Å²) in [6, 6.07) is 15.3. The van der Waals surface area contributed by atoms with E-state index in [0.29, 0.717) is 6.04 Å². The third kappa shape index (κ3) is 6.44. The Morgan fingerprint density at radius 2 is 1.93 bits per heavy atom. The molecule has 0 amide bonds. The quantitative estimate of drug-likeness (QED) is 0.361. The Labute approximate surface area is 183 Å². The lowest BCUT2D eigenvalue weighted by Gasteiger charge is -2.34. The van der Waals surface area contributed by atoms with Crippen molar-refractivity contribution < 1.29 is 4.74 Å². The van der Waals surface area contributed by atoms with Crippen molar-refractivity contribution in [3.8, 4) is 0 Å². The third-order valence-corrected chi connectivity index (χ3v) is 5.67. The van der Waals surface area contributed by atoms with Crippen LogP contribution < -0.4 is 10.6 Å². The molecule has 0 spiro atoms. The topological polar surface area (TPSA) is 48.9 Å². The summed E-state index contributed by atoms with van der Waals surface area (Å²) in [6.45, 7) is 6.52. The van der Waals surface area contributed by atoms with Crippen LogP contribution in [0.4, 0.5) is 0 Å². The maximum absolute atomic E-state index is 5.52. The van der Waals surface area contributed by atoms with Gasteiger partial charge in [0.2, 0.25) is 0 Å². The number of ether oxygens (including phenoxy) is 1. The Hall–Kier alpha value is -1.16. The number of halogens is 1. The Bertz CT molecular complexity index is 675. The molecular formula is C20H29IN4OS. The van der Waals surface area contributed by atoms with Crippen molar-refractivity contribution in [2.75, 3.05) is 39.9 Å². The summed E-state index contributed by atoms with van der Waals surface area (Å²) in [5, 5.41) is 9.15. The van der Waals surface area contributed by atoms with Gasteiger partial charge in [-0.05, 0) is 23.9 Å². The number of guanidine groups is 1. The lowest BCUT2D eigenvalue weighted by molar-refractivity contribution is 0.0177. The minimum Gasteiger partial charge on any atom is -0.379 e. The molecule has 2 heterocycles. The van der Waals surface area contributed by atoms with Crippen LogP contribution in [-0.4, -0.2) is 50.8 Å². The Kier molecular flexibility index (Phi) is 9.53. The summed E-state index contributed by atoms with van der Waals surface area (Å²) in [5.41, 5.74) is 1.25. The molecule has 2 aromatic rings. The first-order valence-electron chi connectivity index (χ1n) is 9.15. The van der Waals surface area contributed by atoms with Gasteiger partial charge in [0.25, 0.3) is 0 Å². The summed E-state index contributed by atoms with van der Waals surface area (Å²) in [5.74, 6) is 0.830. The Balaban J connectivity index is 0.00000261. The molecule has 2 N–H and O–H groups in total. The Morgan fingerprint density at radius 1 is 1.19 bits per heavy atom. The molecule has 1 fully saturated rings. The fraction of sp³-hybridized carbons (Fsp3) is 0.450. The maximum atomic E-state index is 5.52. The number of thiophene rings is 1. The summed E-state index contributed by atoms with van der Waals surface area (Å²) in [6.07, 6.45) is 0. The molecule has 1 aliphatic rings. The number of nitrogens with one attached hydrogen (secondary N) is 2. The standard InChI is InChI=1S/C20H28N4OS.HI/c1-16(17-7-4-3-5-8-17)23-20(21-2)22-15-18(19-9-6-14-26-19)24-10-12-25-13-11-24;/h3-9,14,16,18H,10-13,15H2,1-2H3,(H2,21,22,23);1H. The minimum atomic E-state index is 0. The smallest absolute Gasteiger partial charge is 0.191 e. The zero-order chi connectivity index (χ0) is 18.2. The number of hydrogen-bond acceptors (Lipinski definition) is 4. The van der Waals surface area contributed by atoms with E-state index in [2.05, 4.69) is 69.2 Å². The van der Waals surface area contributed by atoms with Gasteiger partial charge < -0.3 is 15.4 Å². The number of hydrogen-bond donors (Lipinski definition) is 2. The van der Waals surface area contributed by atoms with Crippen LogP contribution in [0.25, 0.3) is 0 Å². The summed E-state index contributed by atoms with van der Waals surface area (Å²) in [4.78, 5) is 8.28. The molecule has 0 saturated carbocycles. The van der Waals surface area contributed by atoms with Gasteiger partial charge in [0.1, 0.15) is 0 Å². The summed E-state index contributed by atoms with van der Waals surface area (Å²) >= 11 is 1.81. The lowest BCUT2D eigenvalue weighted by Crippen LogP contribution is -2.46. The molecule has 148 valence electrons. The lowest BCUT2D eigenvalue weighted by atomic mass is 10.1. The van der Waals surface area contributed by atoms with Crippen molar-refractivity contribution in [1.29, 1.82) is 0 Å². The average Bonchev–Trinajstić information content (AvgIpc) is 3.23. The molecule has 7 heteroatoms. The fourth-order valence-electron chi connectivity index (χ4n) is 3.20. The van der Waals surface area contributed by atoms with Gasteiger partial charge in [-0.25, -0.2) is 0 Å². The second-order valence-electron chi connectivity index (χ2n) is 6.41. The molecule has 1 aliphatic heterocycles. The third-order valence-electron chi connectivity index (χ3n) is 4.70. The molecule has 2 atom stereocenters. The normalized spacial score (nSPS) is 17.6. The van der Waals surface area contributed by atoms with E-state index < -0.39 is 0 Å². The highest BCUT2D eigenvalue weighted by atomic mass is 127. The van der Waals surface area contributed by atoms with Gasteiger partial charge in [-0.3, -0.25) is 9.89 Å². The van der Waals surface area contributed by atoms with Gasteiger partial charge in [-0.2, -0.15) is 0 Å². The van der Waals surface area contributed by atoms with Crippen molar-refractivity contribution in [1.82, 2.24) is 15.5 Å². The van der Waals surface area contributed by atoms with Crippen LogP contribution in [0.3, 0.4) is 0 Å². The number of rotatable bonds is 6. The second-order valence-corrected chi connectivity index (χ2v) is 7.39. The summed E-state index contributed by atoms with van der Waals surface area (Å²) < 4.78 is 5.52. The van der Waals surface area contributed by atoms with Gasteiger partial charge in [-0.1, -0.05) is 36.4 Å². The van der Waals surface area contributed by atoms with Crippen LogP contribution in [-0.2, 0) is 4.74 Å². The van der Waals surface area contributed by atoms with Gasteiger partial charge >= 0.3 is 0 Å². The van der Waals surface area contributed by atoms with E-state index >= 15 is 0 Å². The van der Waals surface area contributed by atoms with Gasteiger partial charge in [-0.15, -0.1) is 35.3 Å². The van der Waals surface area contributed by atoms with E-state index in [1.165, 1.54) is 10.4 Å². The zero-order valence-electron chi connectivity index (χ0n) is 15.9. The maximum Gasteiger partial charge on any atom is 0.191 e. The summed E-state index contributed by atoms with van der Waals surface area (Å²) in [7, 11) is 1.82. The number of nitrogens with zero attached hydrogens (tertiary/aromatic N) is 2. The van der Waals surface area contributed by atoms with Crippen molar-refractivity contribution in [2.45, 2.75) is 19.0 Å². The van der Waals surface area contributed by atoms with E-state index in [9.17, 15) is 0 Å². The van der Waals surface area contributed by atoms with E-state index in [1.54, 1.807) is 0 Å². The molecule has 0 radical (unpaired) electrons. The number of aliphatic imine (C=N–C) groups is 1. The zero-order valence-corrected chi connectivity index (χ0v) is 19.1. The van der Waals surface area contributed by atoms with Crippen LogP contribution in [0, 0.1) is 0 Å². The second kappa shape index (κ2) is 11.6. The SMILES string of the molecule is CN=C(NCC(c1cccs1)N1CCOCC1)NC(C)c1ccccc1.I. The van der Waals surface area contributed by atoms with E-state index in [0.717, 1.165) is 38.8 Å². The molecule has 3 rings (SSSR count). The predicted octanol–water partition coefficient (Wildman–Crippen LogP) is 3.67. The van der Waals surface area contributed by atoms with E-state index in [4.69, 9.17) is 4.74 Å². The highest BCUT2D eigenvalue weighted by Gasteiger charge is 2.23. The van der Waals surface area contributed by atoms with Gasteiger partial charge in [0, 0.05) is 31.6 Å². The van der Waals surface area contributed by atoms with Crippen LogP contribution >= 0.6 is 35.3 Å². The van der Waals surface area contributed by atoms with Crippen molar-refractivity contribution in [2.24, 2.45) is 4.99 Å². The first-order valence-corrected chi connectivity index (χ1v) is 10.0. The van der Waals surface area contributed by atoms with Crippen molar-refractivity contribution in [3.63, 3.8) is 0 Å². The molecule has 0 aliphatic carbocycles. The van der Waals surface area contributed by atoms with Crippen molar-refractivity contribution >= 4 is 41.3 Å². The first kappa shape index (κ1) is 22.1.